The number of phenols is 1. The van der Waals surface area contributed by atoms with Gasteiger partial charge in [-0.3, -0.25) is 0 Å². The largest absolute Gasteiger partial charge is 0.504 e. The van der Waals surface area contributed by atoms with Gasteiger partial charge in [-0.25, -0.2) is 4.98 Å². The number of methoxy groups -OCH3 is 2. The molecule has 3 aromatic rings. The molecule has 1 N–H and O–H groups in total. The first-order valence-electron chi connectivity index (χ1n) is 6.12. The second-order valence-corrected chi connectivity index (χ2v) is 4.32. The number of phenolic OH excluding ortho intramolecular Hbond substituents is 1. The fourth-order valence-corrected chi connectivity index (χ4v) is 2.13. The van der Waals surface area contributed by atoms with Crippen LogP contribution in [0.15, 0.2) is 42.7 Å². The molecule has 5 heteroatoms. The molecule has 1 aromatic carbocycles. The summed E-state index contributed by atoms with van der Waals surface area (Å²) >= 11 is 0. The molecule has 2 aromatic heterocycles. The van der Waals surface area contributed by atoms with Crippen LogP contribution in [0.2, 0.25) is 0 Å². The number of hydrogen-bond acceptors (Lipinski definition) is 4. The summed E-state index contributed by atoms with van der Waals surface area (Å²) in [5.41, 5.74) is 2.31. The van der Waals surface area contributed by atoms with Crippen molar-refractivity contribution in [2.75, 3.05) is 14.2 Å². The molecule has 0 bridgehead atoms. The van der Waals surface area contributed by atoms with Crippen LogP contribution in [0.25, 0.3) is 16.9 Å². The summed E-state index contributed by atoms with van der Waals surface area (Å²) in [5.74, 6) is 1.24. The van der Waals surface area contributed by atoms with Crippen molar-refractivity contribution in [1.82, 2.24) is 9.38 Å². The molecule has 0 saturated carbocycles. The fourth-order valence-electron chi connectivity index (χ4n) is 2.13. The van der Waals surface area contributed by atoms with Crippen LogP contribution in [0.1, 0.15) is 0 Å². The maximum atomic E-state index is 9.84. The molecule has 3 rings (SSSR count). The number of pyridine rings is 1. The van der Waals surface area contributed by atoms with Gasteiger partial charge in [0.2, 0.25) is 0 Å². The van der Waals surface area contributed by atoms with Gasteiger partial charge in [0.25, 0.3) is 0 Å². The number of nitrogens with zero attached hydrogens (tertiary/aromatic N) is 2. The number of rotatable bonds is 3. The van der Waals surface area contributed by atoms with Gasteiger partial charge >= 0.3 is 0 Å². The lowest BCUT2D eigenvalue weighted by Gasteiger charge is -2.04. The zero-order chi connectivity index (χ0) is 14.1. The lowest BCUT2D eigenvalue weighted by molar-refractivity contribution is 0.373. The van der Waals surface area contributed by atoms with Crippen molar-refractivity contribution in [3.8, 4) is 28.5 Å². The lowest BCUT2D eigenvalue weighted by Crippen LogP contribution is -1.88. The number of imidazole rings is 1. The van der Waals surface area contributed by atoms with Crippen molar-refractivity contribution in [3.63, 3.8) is 0 Å². The Hall–Kier alpha value is -2.69. The van der Waals surface area contributed by atoms with E-state index in [1.54, 1.807) is 19.2 Å². The molecule has 0 spiro atoms. The van der Waals surface area contributed by atoms with Crippen LogP contribution in [0.4, 0.5) is 0 Å². The summed E-state index contributed by atoms with van der Waals surface area (Å²) in [6.07, 6.45) is 3.79. The van der Waals surface area contributed by atoms with Gasteiger partial charge in [-0.1, -0.05) is 0 Å². The molecule has 0 radical (unpaired) electrons. The first-order valence-corrected chi connectivity index (χ1v) is 6.12. The Labute approximate surface area is 116 Å². The van der Waals surface area contributed by atoms with Crippen molar-refractivity contribution in [2.24, 2.45) is 0 Å². The van der Waals surface area contributed by atoms with Crippen molar-refractivity contribution in [1.29, 1.82) is 0 Å². The maximum Gasteiger partial charge on any atom is 0.180 e. The molecule has 20 heavy (non-hydrogen) atoms. The van der Waals surface area contributed by atoms with Crippen LogP contribution in [-0.2, 0) is 0 Å². The minimum absolute atomic E-state index is 0.0917. The highest BCUT2D eigenvalue weighted by atomic mass is 16.5. The molecule has 0 saturated heterocycles. The van der Waals surface area contributed by atoms with Crippen LogP contribution in [0, 0.1) is 0 Å². The second-order valence-electron chi connectivity index (χ2n) is 4.32. The Bertz CT molecular complexity index is 765. The highest BCUT2D eigenvalue weighted by Crippen LogP contribution is 2.31. The molecular formula is C15H14N2O3. The Morgan fingerprint density at radius 3 is 2.60 bits per heavy atom. The molecule has 0 aliphatic carbocycles. The summed E-state index contributed by atoms with van der Waals surface area (Å²) in [6, 6.07) is 8.95. The van der Waals surface area contributed by atoms with E-state index in [9.17, 15) is 5.11 Å². The quantitative estimate of drug-likeness (QED) is 0.795. The number of ether oxygens (including phenoxy) is 2. The number of hydrogen-bond donors (Lipinski definition) is 1. The van der Waals surface area contributed by atoms with Gasteiger partial charge in [-0.2, -0.15) is 0 Å². The van der Waals surface area contributed by atoms with Crippen LogP contribution in [0.3, 0.4) is 0 Å². The summed E-state index contributed by atoms with van der Waals surface area (Å²) < 4.78 is 12.2. The van der Waals surface area contributed by atoms with E-state index in [0.29, 0.717) is 11.5 Å². The van der Waals surface area contributed by atoms with Crippen LogP contribution >= 0.6 is 0 Å². The van der Waals surface area contributed by atoms with Crippen molar-refractivity contribution < 1.29 is 14.6 Å². The van der Waals surface area contributed by atoms with E-state index in [1.165, 1.54) is 7.11 Å². The average molecular weight is 270 g/mol. The van der Waals surface area contributed by atoms with Gasteiger partial charge in [0.05, 0.1) is 19.9 Å². The molecule has 102 valence electrons. The molecule has 0 aliphatic heterocycles. The molecule has 5 nitrogen and oxygen atoms in total. The van der Waals surface area contributed by atoms with E-state index in [-0.39, 0.29) is 5.75 Å². The van der Waals surface area contributed by atoms with Gasteiger partial charge < -0.3 is 19.0 Å². The smallest absolute Gasteiger partial charge is 0.180 e. The first kappa shape index (κ1) is 12.3. The maximum absolute atomic E-state index is 9.84. The minimum atomic E-state index is 0.0917. The van der Waals surface area contributed by atoms with Crippen molar-refractivity contribution in [2.45, 2.75) is 0 Å². The Kier molecular flexibility index (Phi) is 2.95. The molecule has 0 unspecified atom stereocenters. The first-order chi connectivity index (χ1) is 9.72. The number of benzene rings is 1. The van der Waals surface area contributed by atoms with Gasteiger partial charge in [-0.05, 0) is 30.3 Å². The number of aromatic hydroxyl groups is 1. The van der Waals surface area contributed by atoms with E-state index in [1.807, 2.05) is 35.0 Å². The fraction of sp³-hybridized carbons (Fsp3) is 0.133. The van der Waals surface area contributed by atoms with E-state index >= 15 is 0 Å². The summed E-state index contributed by atoms with van der Waals surface area (Å²) in [4.78, 5) is 4.54. The molecule has 0 aliphatic rings. The molecular weight excluding hydrogens is 256 g/mol. The summed E-state index contributed by atoms with van der Waals surface area (Å²) in [7, 11) is 3.13. The molecule has 0 atom stereocenters. The SMILES string of the molecule is COc1ccc(-c2cn3cccc(OC)c3n2)cc1O. The Morgan fingerprint density at radius 1 is 1.10 bits per heavy atom. The van der Waals surface area contributed by atoms with Gasteiger partial charge in [0.15, 0.2) is 22.9 Å². The van der Waals surface area contributed by atoms with E-state index < -0.39 is 0 Å². The van der Waals surface area contributed by atoms with Crippen LogP contribution in [0.5, 0.6) is 17.2 Å². The third-order valence-corrected chi connectivity index (χ3v) is 3.14. The zero-order valence-corrected chi connectivity index (χ0v) is 11.2. The normalized spacial score (nSPS) is 10.7. The van der Waals surface area contributed by atoms with Gasteiger partial charge in [0, 0.05) is 18.0 Å². The molecule has 0 amide bonds. The highest BCUT2D eigenvalue weighted by molar-refractivity contribution is 5.68. The average Bonchev–Trinajstić information content (AvgIpc) is 2.91. The second kappa shape index (κ2) is 4.77. The number of aromatic nitrogens is 2. The Morgan fingerprint density at radius 2 is 1.90 bits per heavy atom. The molecule has 0 fully saturated rings. The van der Waals surface area contributed by atoms with E-state index in [0.717, 1.165) is 16.9 Å². The van der Waals surface area contributed by atoms with Crippen molar-refractivity contribution >= 4 is 5.65 Å². The standard InChI is InChI=1S/C15H14N2O3/c1-19-13-6-5-10(8-12(13)18)11-9-17-7-3-4-14(20-2)15(17)16-11/h3-9,18H,1-2H3. The third kappa shape index (κ3) is 1.93. The van der Waals surface area contributed by atoms with E-state index in [4.69, 9.17) is 9.47 Å². The lowest BCUT2D eigenvalue weighted by atomic mass is 10.1. The van der Waals surface area contributed by atoms with E-state index in [2.05, 4.69) is 4.98 Å². The summed E-state index contributed by atoms with van der Waals surface area (Å²) in [5, 5.41) is 9.84. The monoisotopic (exact) mass is 270 g/mol. The number of fused-ring (bicyclic) bond motifs is 1. The predicted octanol–water partition coefficient (Wildman–Crippen LogP) is 2.72. The van der Waals surface area contributed by atoms with Crippen LogP contribution in [-0.4, -0.2) is 28.7 Å². The minimum Gasteiger partial charge on any atom is -0.504 e. The van der Waals surface area contributed by atoms with Gasteiger partial charge in [-0.15, -0.1) is 0 Å². The third-order valence-electron chi connectivity index (χ3n) is 3.14. The molecule has 2 heterocycles. The highest BCUT2D eigenvalue weighted by Gasteiger charge is 2.10. The summed E-state index contributed by atoms with van der Waals surface area (Å²) in [6.45, 7) is 0. The Balaban J connectivity index is 2.12. The zero-order valence-electron chi connectivity index (χ0n) is 11.2. The van der Waals surface area contributed by atoms with Crippen molar-refractivity contribution in [3.05, 3.63) is 42.7 Å². The van der Waals surface area contributed by atoms with Gasteiger partial charge in [0.1, 0.15) is 0 Å². The topological polar surface area (TPSA) is 56.0 Å². The predicted molar refractivity (Wildman–Crippen MR) is 75.4 cm³/mol. The van der Waals surface area contributed by atoms with Crippen LogP contribution < -0.4 is 9.47 Å².